The zero-order valence-corrected chi connectivity index (χ0v) is 14.6. The third-order valence-electron chi connectivity index (χ3n) is 4.35. The Bertz CT molecular complexity index is 847. The average Bonchev–Trinajstić information content (AvgIpc) is 3.05. The summed E-state index contributed by atoms with van der Waals surface area (Å²) in [4.78, 5) is 39.8. The van der Waals surface area contributed by atoms with Crippen LogP contribution in [0.5, 0.6) is 0 Å². The Morgan fingerprint density at radius 3 is 2.78 bits per heavy atom. The number of amides is 2. The first kappa shape index (κ1) is 18.8. The van der Waals surface area contributed by atoms with Crippen molar-refractivity contribution in [3.63, 3.8) is 0 Å². The van der Waals surface area contributed by atoms with Crippen molar-refractivity contribution in [3.05, 3.63) is 52.0 Å². The van der Waals surface area contributed by atoms with Crippen LogP contribution in [0.25, 0.3) is 0 Å². The number of H-pyrrole nitrogens is 2. The van der Waals surface area contributed by atoms with E-state index in [1.165, 1.54) is 12.1 Å². The molecule has 144 valence electrons. The molecule has 1 aromatic heterocycles. The average molecular weight is 376 g/mol. The molecule has 0 bridgehead atoms. The van der Waals surface area contributed by atoms with Gasteiger partial charge in [-0.05, 0) is 17.7 Å². The molecule has 2 amide bonds. The number of piperazine rings is 1. The highest BCUT2D eigenvalue weighted by Crippen LogP contribution is 2.14. The number of aromatic nitrogens is 3. The summed E-state index contributed by atoms with van der Waals surface area (Å²) in [5.41, 5.74) is 0.477. The highest BCUT2D eigenvalue weighted by Gasteiger charge is 2.31. The van der Waals surface area contributed by atoms with Gasteiger partial charge >= 0.3 is 5.69 Å². The first-order valence-corrected chi connectivity index (χ1v) is 8.68. The summed E-state index contributed by atoms with van der Waals surface area (Å²) in [5, 5.41) is 11.5. The third-order valence-corrected chi connectivity index (χ3v) is 4.35. The van der Waals surface area contributed by atoms with Gasteiger partial charge in [0.15, 0.2) is 0 Å². The Balaban J connectivity index is 1.54. The fraction of sp³-hybridized carbons (Fsp3) is 0.412. The molecule has 2 heterocycles. The van der Waals surface area contributed by atoms with Gasteiger partial charge in [0.25, 0.3) is 0 Å². The lowest BCUT2D eigenvalue weighted by molar-refractivity contribution is -0.134. The molecule has 1 saturated heterocycles. The van der Waals surface area contributed by atoms with Crippen molar-refractivity contribution in [1.82, 2.24) is 30.7 Å². The predicted octanol–water partition coefficient (Wildman–Crippen LogP) is -0.713. The lowest BCUT2D eigenvalue weighted by Gasteiger charge is -2.34. The highest BCUT2D eigenvalue weighted by molar-refractivity contribution is 5.88. The molecular weight excluding hydrogens is 355 g/mol. The Morgan fingerprint density at radius 2 is 2.07 bits per heavy atom. The molecule has 0 saturated carbocycles. The number of rotatable bonds is 7. The molecule has 0 spiro atoms. The van der Waals surface area contributed by atoms with Crippen molar-refractivity contribution >= 4 is 11.8 Å². The zero-order chi connectivity index (χ0) is 19.2. The molecule has 1 aliphatic rings. The predicted molar refractivity (Wildman–Crippen MR) is 94.1 cm³/mol. The minimum absolute atomic E-state index is 0.0180. The molecule has 27 heavy (non-hydrogen) atoms. The second kappa shape index (κ2) is 8.58. The SMILES string of the molecule is O=C(CC1C(=O)NCCN1Cc1ccc(F)cc1)NCCc1n[nH]c(=O)[nH]1. The minimum Gasteiger partial charge on any atom is -0.356 e. The minimum atomic E-state index is -0.589. The molecule has 3 rings (SSSR count). The molecule has 4 N–H and O–H groups in total. The fourth-order valence-electron chi connectivity index (χ4n) is 2.99. The number of benzene rings is 1. The van der Waals surface area contributed by atoms with Gasteiger partial charge in [0.1, 0.15) is 11.6 Å². The summed E-state index contributed by atoms with van der Waals surface area (Å²) in [6.07, 6.45) is 0.394. The molecular formula is C17H21FN6O3. The van der Waals surface area contributed by atoms with Crippen LogP contribution in [0.2, 0.25) is 0 Å². The highest BCUT2D eigenvalue weighted by atomic mass is 19.1. The van der Waals surface area contributed by atoms with E-state index in [-0.39, 0.29) is 24.1 Å². The second-order valence-electron chi connectivity index (χ2n) is 6.33. The fourth-order valence-corrected chi connectivity index (χ4v) is 2.99. The Kier molecular flexibility index (Phi) is 5.97. The molecule has 1 aliphatic heterocycles. The van der Waals surface area contributed by atoms with Crippen LogP contribution in [0.1, 0.15) is 17.8 Å². The van der Waals surface area contributed by atoms with Gasteiger partial charge in [-0.25, -0.2) is 14.3 Å². The van der Waals surface area contributed by atoms with Crippen LogP contribution in [0.15, 0.2) is 29.1 Å². The first-order chi connectivity index (χ1) is 13.0. The van der Waals surface area contributed by atoms with Crippen molar-refractivity contribution in [3.8, 4) is 0 Å². The van der Waals surface area contributed by atoms with E-state index >= 15 is 0 Å². The summed E-state index contributed by atoms with van der Waals surface area (Å²) in [6, 6.07) is 5.50. The monoisotopic (exact) mass is 376 g/mol. The number of halogens is 1. The lowest BCUT2D eigenvalue weighted by Crippen LogP contribution is -2.56. The molecule has 0 radical (unpaired) electrons. The zero-order valence-electron chi connectivity index (χ0n) is 14.6. The van der Waals surface area contributed by atoms with Crippen molar-refractivity contribution in [2.24, 2.45) is 0 Å². The van der Waals surface area contributed by atoms with Crippen LogP contribution in [-0.2, 0) is 22.6 Å². The van der Waals surface area contributed by atoms with Crippen molar-refractivity contribution in [1.29, 1.82) is 0 Å². The molecule has 2 aromatic rings. The quantitative estimate of drug-likeness (QED) is 0.508. The normalized spacial score (nSPS) is 17.5. The molecule has 0 aliphatic carbocycles. The summed E-state index contributed by atoms with van der Waals surface area (Å²) in [5.74, 6) is -0.327. The first-order valence-electron chi connectivity index (χ1n) is 8.68. The Morgan fingerprint density at radius 1 is 1.30 bits per heavy atom. The topological polar surface area (TPSA) is 123 Å². The number of nitrogens with one attached hydrogen (secondary N) is 4. The number of aromatic amines is 2. The van der Waals surface area contributed by atoms with Gasteiger partial charge in [0.2, 0.25) is 11.8 Å². The van der Waals surface area contributed by atoms with Gasteiger partial charge in [0.05, 0.1) is 12.5 Å². The summed E-state index contributed by atoms with van der Waals surface area (Å²) >= 11 is 0. The maximum Gasteiger partial charge on any atom is 0.340 e. The van der Waals surface area contributed by atoms with Crippen LogP contribution in [-0.4, -0.2) is 57.6 Å². The van der Waals surface area contributed by atoms with Crippen molar-refractivity contribution in [2.75, 3.05) is 19.6 Å². The summed E-state index contributed by atoms with van der Waals surface area (Å²) < 4.78 is 13.1. The van der Waals surface area contributed by atoms with Gasteiger partial charge < -0.3 is 10.6 Å². The van der Waals surface area contributed by atoms with Crippen LogP contribution in [0.3, 0.4) is 0 Å². The van der Waals surface area contributed by atoms with E-state index in [0.717, 1.165) is 5.56 Å². The van der Waals surface area contributed by atoms with Crippen LogP contribution in [0, 0.1) is 5.82 Å². The lowest BCUT2D eigenvalue weighted by atomic mass is 10.1. The number of nitrogens with zero attached hydrogens (tertiary/aromatic N) is 2. The van der Waals surface area contributed by atoms with E-state index in [0.29, 0.717) is 38.4 Å². The van der Waals surface area contributed by atoms with Gasteiger partial charge in [-0.2, -0.15) is 5.10 Å². The number of carbonyl (C=O) groups excluding carboxylic acids is 2. The molecule has 1 atom stereocenters. The number of hydrogen-bond acceptors (Lipinski definition) is 5. The largest absolute Gasteiger partial charge is 0.356 e. The van der Waals surface area contributed by atoms with E-state index in [1.54, 1.807) is 12.1 Å². The van der Waals surface area contributed by atoms with E-state index in [2.05, 4.69) is 25.8 Å². The molecule has 1 unspecified atom stereocenters. The van der Waals surface area contributed by atoms with E-state index < -0.39 is 11.7 Å². The molecule has 1 fully saturated rings. The van der Waals surface area contributed by atoms with Crippen molar-refractivity contribution < 1.29 is 14.0 Å². The molecule has 9 nitrogen and oxygen atoms in total. The second-order valence-corrected chi connectivity index (χ2v) is 6.33. The summed E-state index contributed by atoms with van der Waals surface area (Å²) in [6.45, 7) is 1.87. The van der Waals surface area contributed by atoms with Crippen LogP contribution < -0.4 is 16.3 Å². The third kappa shape index (κ3) is 5.23. The van der Waals surface area contributed by atoms with Crippen molar-refractivity contribution in [2.45, 2.75) is 25.4 Å². The van der Waals surface area contributed by atoms with Crippen LogP contribution in [0.4, 0.5) is 4.39 Å². The maximum absolute atomic E-state index is 13.1. The van der Waals surface area contributed by atoms with Gasteiger partial charge in [-0.15, -0.1) is 0 Å². The molecule has 1 aromatic carbocycles. The maximum atomic E-state index is 13.1. The number of carbonyl (C=O) groups is 2. The van der Waals surface area contributed by atoms with Gasteiger partial charge in [-0.3, -0.25) is 19.5 Å². The van der Waals surface area contributed by atoms with E-state index in [9.17, 15) is 18.8 Å². The van der Waals surface area contributed by atoms with Gasteiger partial charge in [-0.1, -0.05) is 12.1 Å². The van der Waals surface area contributed by atoms with E-state index in [4.69, 9.17) is 0 Å². The van der Waals surface area contributed by atoms with Gasteiger partial charge in [0, 0.05) is 32.6 Å². The van der Waals surface area contributed by atoms with Crippen LogP contribution >= 0.6 is 0 Å². The smallest absolute Gasteiger partial charge is 0.340 e. The summed E-state index contributed by atoms with van der Waals surface area (Å²) in [7, 11) is 0. The van der Waals surface area contributed by atoms with E-state index in [1.807, 2.05) is 4.90 Å². The number of hydrogen-bond donors (Lipinski definition) is 4. The Hall–Kier alpha value is -3.01. The Labute approximate surface area is 154 Å². The standard InChI is InChI=1S/C17H21FN6O3/c18-12-3-1-11(2-4-12)10-24-8-7-20-16(26)13(24)9-15(25)19-6-5-14-21-17(27)23-22-14/h1-4,13H,5-10H2,(H,19,25)(H,20,26)(H2,21,22,23,27). The molecule has 10 heteroatoms.